The maximum Gasteiger partial charge on any atom is 0.233 e. The number of nitrogens with one attached hydrogen (secondary N) is 2. The topological polar surface area (TPSA) is 102 Å². The first-order valence-electron chi connectivity index (χ1n) is 9.22. The molecule has 0 aliphatic rings. The lowest BCUT2D eigenvalue weighted by atomic mass is 10.1. The molecular weight excluding hydrogens is 407 g/mol. The van der Waals surface area contributed by atoms with E-state index in [-0.39, 0.29) is 23.7 Å². The third-order valence-electron chi connectivity index (χ3n) is 4.23. The lowest BCUT2D eigenvalue weighted by molar-refractivity contribution is -0.121. The number of hydrogen-bond acceptors (Lipinski definition) is 6. The molecule has 2 amide bonds. The number of aromatic nitrogens is 4. The van der Waals surface area contributed by atoms with Gasteiger partial charge in [0.1, 0.15) is 5.82 Å². The summed E-state index contributed by atoms with van der Waals surface area (Å²) in [5, 5.41) is 17.3. The molecule has 30 heavy (non-hydrogen) atoms. The predicted octanol–water partition coefficient (Wildman–Crippen LogP) is 3.12. The second-order valence-corrected chi connectivity index (χ2v) is 7.95. The number of thioether (sulfide) groups is 1. The van der Waals surface area contributed by atoms with Crippen LogP contribution in [-0.2, 0) is 9.59 Å². The van der Waals surface area contributed by atoms with Crippen LogP contribution in [0.3, 0.4) is 0 Å². The quantitative estimate of drug-likeness (QED) is 0.561. The minimum Gasteiger partial charge on any atom is -0.349 e. The number of hydrogen-bond donors (Lipinski definition) is 2. The number of carbonyl (C=O) groups is 2. The second-order valence-electron chi connectivity index (χ2n) is 6.65. The Balaban J connectivity index is 1.68. The van der Waals surface area contributed by atoms with Gasteiger partial charge in [-0.3, -0.25) is 9.59 Å². The monoisotopic (exact) mass is 428 g/mol. The molecule has 2 unspecified atom stereocenters. The number of nitrogens with zero attached hydrogens (tertiary/aromatic N) is 4. The first-order valence-corrected chi connectivity index (χ1v) is 10.1. The SMILES string of the molecule is CC(=O)Nc1cccc(-n2nnnc2SC(C)C(=O)NC(C)c2ccc(F)cc2)c1. The molecule has 2 aromatic carbocycles. The minimum atomic E-state index is -0.476. The summed E-state index contributed by atoms with van der Waals surface area (Å²) in [4.78, 5) is 23.9. The van der Waals surface area contributed by atoms with E-state index >= 15 is 0 Å². The standard InChI is InChI=1S/C20H21FN6O2S/c1-12(15-7-9-16(21)10-8-15)22-19(29)13(2)30-20-24-25-26-27(20)18-6-4-5-17(11-18)23-14(3)28/h4-13H,1-3H3,(H,22,29)(H,23,28). The summed E-state index contributed by atoms with van der Waals surface area (Å²) in [7, 11) is 0. The summed E-state index contributed by atoms with van der Waals surface area (Å²) in [6.45, 7) is 5.02. The van der Waals surface area contributed by atoms with Gasteiger partial charge < -0.3 is 10.6 Å². The van der Waals surface area contributed by atoms with E-state index in [1.54, 1.807) is 43.3 Å². The van der Waals surface area contributed by atoms with E-state index in [1.165, 1.54) is 35.5 Å². The number of carbonyl (C=O) groups excluding carboxylic acids is 2. The number of benzene rings is 2. The molecule has 0 saturated heterocycles. The van der Waals surface area contributed by atoms with Gasteiger partial charge in [0.25, 0.3) is 0 Å². The fourth-order valence-corrected chi connectivity index (χ4v) is 3.53. The highest BCUT2D eigenvalue weighted by molar-refractivity contribution is 8.00. The summed E-state index contributed by atoms with van der Waals surface area (Å²) in [6, 6.07) is 12.8. The van der Waals surface area contributed by atoms with Crippen LogP contribution in [0.1, 0.15) is 32.4 Å². The van der Waals surface area contributed by atoms with Crippen molar-refractivity contribution in [1.29, 1.82) is 0 Å². The molecule has 0 aliphatic carbocycles. The van der Waals surface area contributed by atoms with Gasteiger partial charge in [0.2, 0.25) is 17.0 Å². The van der Waals surface area contributed by atoms with E-state index in [9.17, 15) is 14.0 Å². The maximum absolute atomic E-state index is 13.1. The molecule has 2 atom stereocenters. The van der Waals surface area contributed by atoms with Crippen LogP contribution in [0.15, 0.2) is 53.7 Å². The van der Waals surface area contributed by atoms with E-state index in [0.29, 0.717) is 16.5 Å². The molecule has 3 aromatic rings. The fraction of sp³-hybridized carbons (Fsp3) is 0.250. The van der Waals surface area contributed by atoms with Gasteiger partial charge in [0, 0.05) is 12.6 Å². The Bertz CT molecular complexity index is 1040. The van der Waals surface area contributed by atoms with E-state index < -0.39 is 5.25 Å². The van der Waals surface area contributed by atoms with Crippen LogP contribution in [0.4, 0.5) is 10.1 Å². The van der Waals surface area contributed by atoms with Gasteiger partial charge in [-0.25, -0.2) is 4.39 Å². The summed E-state index contributed by atoms with van der Waals surface area (Å²) in [5.74, 6) is -0.701. The Hall–Kier alpha value is -3.27. The summed E-state index contributed by atoms with van der Waals surface area (Å²) in [6.07, 6.45) is 0. The van der Waals surface area contributed by atoms with Crippen LogP contribution < -0.4 is 10.6 Å². The maximum atomic E-state index is 13.1. The molecule has 156 valence electrons. The first kappa shape index (κ1) is 21.4. The molecule has 1 heterocycles. The van der Waals surface area contributed by atoms with Crippen LogP contribution in [0.5, 0.6) is 0 Å². The number of amides is 2. The highest BCUT2D eigenvalue weighted by Crippen LogP contribution is 2.25. The van der Waals surface area contributed by atoms with Crippen molar-refractivity contribution in [3.63, 3.8) is 0 Å². The Morgan fingerprint density at radius 2 is 1.87 bits per heavy atom. The largest absolute Gasteiger partial charge is 0.349 e. The van der Waals surface area contributed by atoms with Gasteiger partial charge in [-0.05, 0) is 60.2 Å². The molecule has 0 aliphatic heterocycles. The number of tetrazole rings is 1. The van der Waals surface area contributed by atoms with Gasteiger partial charge in [0.05, 0.1) is 17.0 Å². The number of anilines is 1. The summed E-state index contributed by atoms with van der Waals surface area (Å²) < 4.78 is 14.6. The molecule has 2 N–H and O–H groups in total. The molecule has 0 fully saturated rings. The summed E-state index contributed by atoms with van der Waals surface area (Å²) in [5.41, 5.74) is 2.08. The van der Waals surface area contributed by atoms with Gasteiger partial charge in [-0.15, -0.1) is 5.10 Å². The van der Waals surface area contributed by atoms with Crippen molar-refractivity contribution < 1.29 is 14.0 Å². The number of halogens is 1. The third-order valence-corrected chi connectivity index (χ3v) is 5.27. The highest BCUT2D eigenvalue weighted by atomic mass is 32.2. The average Bonchev–Trinajstić information content (AvgIpc) is 3.16. The predicted molar refractivity (Wildman–Crippen MR) is 112 cm³/mol. The molecular formula is C20H21FN6O2S. The van der Waals surface area contributed by atoms with Crippen molar-refractivity contribution in [1.82, 2.24) is 25.5 Å². The summed E-state index contributed by atoms with van der Waals surface area (Å²) >= 11 is 1.21. The molecule has 8 nitrogen and oxygen atoms in total. The molecule has 0 radical (unpaired) electrons. The fourth-order valence-electron chi connectivity index (χ4n) is 2.71. The van der Waals surface area contributed by atoms with Gasteiger partial charge in [-0.1, -0.05) is 30.0 Å². The van der Waals surface area contributed by atoms with Crippen molar-refractivity contribution in [3.05, 3.63) is 59.9 Å². The first-order chi connectivity index (χ1) is 14.3. The van der Waals surface area contributed by atoms with E-state index in [1.807, 2.05) is 6.92 Å². The van der Waals surface area contributed by atoms with E-state index in [2.05, 4.69) is 26.2 Å². The average molecular weight is 428 g/mol. The van der Waals surface area contributed by atoms with Gasteiger partial charge in [0.15, 0.2) is 0 Å². The zero-order chi connectivity index (χ0) is 21.7. The zero-order valence-corrected chi connectivity index (χ0v) is 17.5. The normalized spacial score (nSPS) is 12.8. The number of rotatable bonds is 7. The van der Waals surface area contributed by atoms with Crippen LogP contribution >= 0.6 is 11.8 Å². The Morgan fingerprint density at radius 1 is 1.13 bits per heavy atom. The van der Waals surface area contributed by atoms with Crippen LogP contribution in [-0.4, -0.2) is 37.3 Å². The molecule has 0 spiro atoms. The second kappa shape index (κ2) is 9.49. The van der Waals surface area contributed by atoms with E-state index in [4.69, 9.17) is 0 Å². The molecule has 3 rings (SSSR count). The lowest BCUT2D eigenvalue weighted by Gasteiger charge is -2.17. The Morgan fingerprint density at radius 3 is 2.57 bits per heavy atom. The Labute approximate surface area is 177 Å². The molecule has 10 heteroatoms. The van der Waals surface area contributed by atoms with Crippen LogP contribution in [0.25, 0.3) is 5.69 Å². The van der Waals surface area contributed by atoms with Crippen molar-refractivity contribution >= 4 is 29.3 Å². The molecule has 0 bridgehead atoms. The Kier molecular flexibility index (Phi) is 6.78. The zero-order valence-electron chi connectivity index (χ0n) is 16.7. The van der Waals surface area contributed by atoms with Crippen molar-refractivity contribution in [2.45, 2.75) is 37.2 Å². The highest BCUT2D eigenvalue weighted by Gasteiger charge is 2.21. The molecule has 1 aromatic heterocycles. The van der Waals surface area contributed by atoms with Crippen molar-refractivity contribution in [2.24, 2.45) is 0 Å². The smallest absolute Gasteiger partial charge is 0.233 e. The van der Waals surface area contributed by atoms with E-state index in [0.717, 1.165) is 5.56 Å². The van der Waals surface area contributed by atoms with Crippen molar-refractivity contribution in [3.8, 4) is 5.69 Å². The van der Waals surface area contributed by atoms with Gasteiger partial charge in [-0.2, -0.15) is 4.68 Å². The van der Waals surface area contributed by atoms with Crippen LogP contribution in [0.2, 0.25) is 0 Å². The van der Waals surface area contributed by atoms with Gasteiger partial charge >= 0.3 is 0 Å². The minimum absolute atomic E-state index is 0.181. The third kappa shape index (κ3) is 5.41. The van der Waals surface area contributed by atoms with Crippen LogP contribution in [0, 0.1) is 5.82 Å². The molecule has 0 saturated carbocycles. The lowest BCUT2D eigenvalue weighted by Crippen LogP contribution is -2.33. The van der Waals surface area contributed by atoms with Crippen molar-refractivity contribution in [2.75, 3.05) is 5.32 Å².